The number of halogens is 1. The summed E-state index contributed by atoms with van der Waals surface area (Å²) in [6.45, 7) is 5.91. The first-order chi connectivity index (χ1) is 5.52. The third-order valence-electron chi connectivity index (χ3n) is 1.09. The fourth-order valence-electron chi connectivity index (χ4n) is 0.635. The quantitative estimate of drug-likeness (QED) is 0.334. The van der Waals surface area contributed by atoms with E-state index in [9.17, 15) is 0 Å². The lowest BCUT2D eigenvalue weighted by molar-refractivity contribution is 0.246. The van der Waals surface area contributed by atoms with Gasteiger partial charge in [0.15, 0.2) is 14.8 Å². The van der Waals surface area contributed by atoms with Gasteiger partial charge in [0, 0.05) is 19.1 Å². The van der Waals surface area contributed by atoms with Gasteiger partial charge in [-0.2, -0.15) is 0 Å². The first-order valence-corrected chi connectivity index (χ1v) is 7.18. The van der Waals surface area contributed by atoms with Crippen LogP contribution in [0.3, 0.4) is 0 Å². The Morgan fingerprint density at radius 2 is 2.17 bits per heavy atom. The zero-order valence-corrected chi connectivity index (χ0v) is 12.1. The second kappa shape index (κ2) is 7.22. The molecule has 0 rings (SSSR count). The largest absolute Gasteiger partial charge is 0.474 e. The number of rotatable bonds is 5. The molecule has 0 bridgehead atoms. The van der Waals surface area contributed by atoms with Crippen molar-refractivity contribution in [3.05, 3.63) is 0 Å². The molecule has 0 saturated carbocycles. The van der Waals surface area contributed by atoms with Gasteiger partial charge in [-0.1, -0.05) is 0 Å². The minimum atomic E-state index is -0.419. The molecule has 1 atom stereocenters. The fraction of sp³-hybridized carbons (Fsp3) is 0.857. The maximum Gasteiger partial charge on any atom is 0.166 e. The Morgan fingerprint density at radius 1 is 1.58 bits per heavy atom. The molecule has 2 nitrogen and oxygen atoms in total. The second-order valence-electron chi connectivity index (χ2n) is 2.73. The maximum absolute atomic E-state index is 5.50. The van der Waals surface area contributed by atoms with Crippen molar-refractivity contribution in [3.63, 3.8) is 0 Å². The zero-order chi connectivity index (χ0) is 9.56. The summed E-state index contributed by atoms with van der Waals surface area (Å²) in [6, 6.07) is 1.02. The summed E-state index contributed by atoms with van der Waals surface area (Å²) >= 11 is 7.07. The fourth-order valence-corrected chi connectivity index (χ4v) is 2.98. The van der Waals surface area contributed by atoms with Gasteiger partial charge in [0.25, 0.3) is 0 Å². The van der Waals surface area contributed by atoms with Crippen molar-refractivity contribution < 1.29 is 9.16 Å². The molecule has 0 aromatic carbocycles. The van der Waals surface area contributed by atoms with Gasteiger partial charge in [0.2, 0.25) is 0 Å². The molecule has 0 aliphatic rings. The Kier molecular flexibility index (Phi) is 7.70. The summed E-state index contributed by atoms with van der Waals surface area (Å²) in [5.74, 6) is 0. The molecule has 0 spiro atoms. The van der Waals surface area contributed by atoms with E-state index in [2.05, 4.69) is 36.4 Å². The summed E-state index contributed by atoms with van der Waals surface area (Å²) in [5, 5.41) is 0.618. The lowest BCUT2D eigenvalue weighted by Crippen LogP contribution is -2.14. The van der Waals surface area contributed by atoms with Crippen LogP contribution in [0, 0.1) is 0 Å². The van der Waals surface area contributed by atoms with Crippen LogP contribution >= 0.6 is 34.8 Å². The number of ether oxygens (including phenoxy) is 1. The van der Waals surface area contributed by atoms with E-state index in [1.54, 1.807) is 6.92 Å². The number of hydrogen-bond donors (Lipinski definition) is 0. The van der Waals surface area contributed by atoms with E-state index in [1.165, 1.54) is 0 Å². The van der Waals surface area contributed by atoms with E-state index in [-0.39, 0.29) is 4.11 Å². The third kappa shape index (κ3) is 8.89. The Balaban J connectivity index is 3.31. The molecule has 0 radical (unpaired) electrons. The van der Waals surface area contributed by atoms with Gasteiger partial charge in [-0.25, -0.2) is 0 Å². The topological polar surface area (TPSA) is 18.5 Å². The molecule has 0 aromatic rings. The van der Waals surface area contributed by atoms with Gasteiger partial charge in [0.05, 0.1) is 0 Å². The molecular formula is C7H15IO2SSi. The van der Waals surface area contributed by atoms with Crippen molar-refractivity contribution >= 4 is 49.6 Å². The Morgan fingerprint density at radius 3 is 2.58 bits per heavy atom. The molecule has 0 fully saturated rings. The average molecular weight is 318 g/mol. The molecule has 12 heavy (non-hydrogen) atoms. The van der Waals surface area contributed by atoms with Crippen molar-refractivity contribution in [1.82, 2.24) is 0 Å². The standard InChI is InChI=1S/C7H15IO2SSi/c1-5(2)10-12-4-7(8)9-6(3)11/h5,7H,4,12H2,1-3H3. The van der Waals surface area contributed by atoms with Crippen molar-refractivity contribution in [2.24, 2.45) is 0 Å². The van der Waals surface area contributed by atoms with E-state index in [1.807, 2.05) is 0 Å². The Labute approximate surface area is 95.5 Å². The number of alkyl halides is 1. The molecular weight excluding hydrogens is 303 g/mol. The Hall–Kier alpha value is 0.797. The van der Waals surface area contributed by atoms with Crippen LogP contribution in [0.4, 0.5) is 0 Å². The smallest absolute Gasteiger partial charge is 0.166 e. The highest BCUT2D eigenvalue weighted by Gasteiger charge is 2.05. The minimum absolute atomic E-state index is 0.200. The van der Waals surface area contributed by atoms with Gasteiger partial charge in [-0.15, -0.1) is 0 Å². The molecule has 0 saturated heterocycles. The van der Waals surface area contributed by atoms with Gasteiger partial charge in [-0.05, 0) is 48.7 Å². The maximum atomic E-state index is 5.50. The van der Waals surface area contributed by atoms with Crippen molar-refractivity contribution in [2.75, 3.05) is 0 Å². The lowest BCUT2D eigenvalue weighted by Gasteiger charge is -2.12. The van der Waals surface area contributed by atoms with Crippen LogP contribution in [0.2, 0.25) is 6.04 Å². The predicted molar refractivity (Wildman–Crippen MR) is 66.7 cm³/mol. The highest BCUT2D eigenvalue weighted by Crippen LogP contribution is 2.09. The minimum Gasteiger partial charge on any atom is -0.474 e. The van der Waals surface area contributed by atoms with E-state index < -0.39 is 9.76 Å². The summed E-state index contributed by atoms with van der Waals surface area (Å²) in [4.78, 5) is 0. The van der Waals surface area contributed by atoms with Crippen LogP contribution in [0.25, 0.3) is 0 Å². The summed E-state index contributed by atoms with van der Waals surface area (Å²) in [6.07, 6.45) is 0.355. The first kappa shape index (κ1) is 12.8. The van der Waals surface area contributed by atoms with E-state index in [0.29, 0.717) is 11.2 Å². The predicted octanol–water partition coefficient (Wildman–Crippen LogP) is 2.04. The summed E-state index contributed by atoms with van der Waals surface area (Å²) in [5.41, 5.74) is 0. The molecule has 0 aliphatic heterocycles. The molecule has 0 aliphatic carbocycles. The molecule has 0 heterocycles. The van der Waals surface area contributed by atoms with Crippen LogP contribution < -0.4 is 0 Å². The third-order valence-corrected chi connectivity index (χ3v) is 4.90. The van der Waals surface area contributed by atoms with Crippen LogP contribution in [-0.2, 0) is 9.16 Å². The van der Waals surface area contributed by atoms with Gasteiger partial charge >= 0.3 is 0 Å². The SMILES string of the molecule is CC(=S)OC(I)C[SiH2]OC(C)C. The van der Waals surface area contributed by atoms with Gasteiger partial charge in [-0.3, -0.25) is 0 Å². The van der Waals surface area contributed by atoms with E-state index in [0.717, 1.165) is 6.04 Å². The highest BCUT2D eigenvalue weighted by atomic mass is 127. The molecule has 1 unspecified atom stereocenters. The van der Waals surface area contributed by atoms with Crippen LogP contribution in [0.5, 0.6) is 0 Å². The van der Waals surface area contributed by atoms with Crippen molar-refractivity contribution in [3.8, 4) is 0 Å². The van der Waals surface area contributed by atoms with Crippen molar-refractivity contribution in [2.45, 2.75) is 37.0 Å². The Bertz CT molecular complexity index is 143. The molecule has 0 N–H and O–H groups in total. The second-order valence-corrected chi connectivity index (χ2v) is 6.01. The van der Waals surface area contributed by atoms with Crippen LogP contribution in [0.15, 0.2) is 0 Å². The molecule has 72 valence electrons. The van der Waals surface area contributed by atoms with E-state index >= 15 is 0 Å². The normalized spacial score (nSPS) is 14.1. The molecule has 5 heteroatoms. The first-order valence-electron chi connectivity index (χ1n) is 3.95. The van der Waals surface area contributed by atoms with E-state index in [4.69, 9.17) is 21.4 Å². The van der Waals surface area contributed by atoms with Crippen LogP contribution in [0.1, 0.15) is 20.8 Å². The molecule has 0 amide bonds. The van der Waals surface area contributed by atoms with Gasteiger partial charge in [0.1, 0.15) is 4.11 Å². The van der Waals surface area contributed by atoms with Crippen LogP contribution in [-0.4, -0.2) is 25.0 Å². The molecule has 0 aromatic heterocycles. The number of hydrogen-bond acceptors (Lipinski definition) is 3. The average Bonchev–Trinajstić information content (AvgIpc) is 1.84. The lowest BCUT2D eigenvalue weighted by atomic mass is 10.5. The summed E-state index contributed by atoms with van der Waals surface area (Å²) < 4.78 is 11.0. The van der Waals surface area contributed by atoms with Crippen molar-refractivity contribution in [1.29, 1.82) is 0 Å². The highest BCUT2D eigenvalue weighted by molar-refractivity contribution is 14.1. The number of thiocarbonyl (C=S) groups is 1. The zero-order valence-electron chi connectivity index (χ0n) is 7.67. The van der Waals surface area contributed by atoms with Gasteiger partial charge < -0.3 is 9.16 Å². The summed E-state index contributed by atoms with van der Waals surface area (Å²) in [7, 11) is -0.419. The monoisotopic (exact) mass is 318 g/mol.